The summed E-state index contributed by atoms with van der Waals surface area (Å²) in [6.07, 6.45) is 5.21. The summed E-state index contributed by atoms with van der Waals surface area (Å²) < 4.78 is 5.18. The van der Waals surface area contributed by atoms with Crippen LogP contribution < -0.4 is 5.73 Å². The molecule has 19 heavy (non-hydrogen) atoms. The molecular formula is C15H31N3O. The Morgan fingerprint density at radius 2 is 1.89 bits per heavy atom. The first-order valence-electron chi connectivity index (χ1n) is 7.43. The molecule has 1 unspecified atom stereocenters. The minimum Gasteiger partial charge on any atom is -0.383 e. The number of unbranched alkanes of at least 4 members (excludes halogenated alkanes) is 1. The first-order chi connectivity index (χ1) is 9.00. The maximum Gasteiger partial charge on any atom is 0.101 e. The Morgan fingerprint density at radius 3 is 2.37 bits per heavy atom. The lowest BCUT2D eigenvalue weighted by Crippen LogP contribution is -2.38. The van der Waals surface area contributed by atoms with Crippen molar-refractivity contribution in [3.8, 4) is 6.07 Å². The number of hydrogen-bond donors (Lipinski definition) is 1. The van der Waals surface area contributed by atoms with E-state index in [0.29, 0.717) is 6.04 Å². The molecule has 0 amide bonds. The average molecular weight is 269 g/mol. The number of rotatable bonds is 11. The van der Waals surface area contributed by atoms with Gasteiger partial charge in [0.1, 0.15) is 5.54 Å². The second-order valence-corrected chi connectivity index (χ2v) is 5.49. The van der Waals surface area contributed by atoms with Gasteiger partial charge in [-0.3, -0.25) is 4.90 Å². The fourth-order valence-electron chi connectivity index (χ4n) is 2.35. The summed E-state index contributed by atoms with van der Waals surface area (Å²) in [5.74, 6) is 0. The average Bonchev–Trinajstić information content (AvgIpc) is 2.41. The summed E-state index contributed by atoms with van der Waals surface area (Å²) in [5, 5.41) is 8.88. The van der Waals surface area contributed by atoms with Crippen LogP contribution in [0.4, 0.5) is 0 Å². The van der Waals surface area contributed by atoms with Gasteiger partial charge in [0.15, 0.2) is 0 Å². The summed E-state index contributed by atoms with van der Waals surface area (Å²) in [5.41, 5.74) is 5.16. The van der Waals surface area contributed by atoms with Crippen LogP contribution in [0.5, 0.6) is 0 Å². The lowest BCUT2D eigenvalue weighted by Gasteiger charge is -2.30. The fourth-order valence-corrected chi connectivity index (χ4v) is 2.35. The summed E-state index contributed by atoms with van der Waals surface area (Å²) in [6.45, 7) is 9.11. The van der Waals surface area contributed by atoms with E-state index in [1.165, 1.54) is 12.8 Å². The molecule has 0 fully saturated rings. The summed E-state index contributed by atoms with van der Waals surface area (Å²) in [6, 6.07) is 2.79. The predicted octanol–water partition coefficient (Wildman–Crippen LogP) is 2.53. The maximum absolute atomic E-state index is 8.88. The molecule has 0 rings (SSSR count). The standard InChI is InChI=1S/C15H31N3O/c1-5-14(6-2)18(11-12-19-4)10-8-7-9-15(3,17)13-16/h14H,5-12,17H2,1-4H3. The molecule has 0 heterocycles. The maximum atomic E-state index is 8.88. The van der Waals surface area contributed by atoms with Crippen molar-refractivity contribution >= 4 is 0 Å². The van der Waals surface area contributed by atoms with Gasteiger partial charge in [0.05, 0.1) is 12.7 Å². The van der Waals surface area contributed by atoms with E-state index in [1.54, 1.807) is 14.0 Å². The van der Waals surface area contributed by atoms with Crippen molar-refractivity contribution in [3.05, 3.63) is 0 Å². The molecule has 0 aliphatic rings. The van der Waals surface area contributed by atoms with Gasteiger partial charge in [-0.15, -0.1) is 0 Å². The molecule has 1 atom stereocenters. The Bertz CT molecular complexity index is 257. The first-order valence-corrected chi connectivity index (χ1v) is 7.43. The second kappa shape index (κ2) is 10.2. The number of hydrogen-bond acceptors (Lipinski definition) is 4. The quantitative estimate of drug-likeness (QED) is 0.585. The smallest absolute Gasteiger partial charge is 0.101 e. The number of methoxy groups -OCH3 is 1. The molecule has 4 heteroatoms. The van der Waals surface area contributed by atoms with Crippen LogP contribution in [-0.4, -0.2) is 43.3 Å². The molecular weight excluding hydrogens is 238 g/mol. The van der Waals surface area contributed by atoms with E-state index in [-0.39, 0.29) is 0 Å². The number of ether oxygens (including phenoxy) is 1. The van der Waals surface area contributed by atoms with Crippen molar-refractivity contribution < 1.29 is 4.74 Å². The highest BCUT2D eigenvalue weighted by molar-refractivity contribution is 5.00. The van der Waals surface area contributed by atoms with Crippen LogP contribution in [0.15, 0.2) is 0 Å². The number of nitrogens with two attached hydrogens (primary N) is 1. The van der Waals surface area contributed by atoms with Gasteiger partial charge in [-0.2, -0.15) is 5.26 Å². The van der Waals surface area contributed by atoms with Gasteiger partial charge < -0.3 is 10.5 Å². The molecule has 0 aromatic heterocycles. The number of nitriles is 1. The van der Waals surface area contributed by atoms with Crippen LogP contribution >= 0.6 is 0 Å². The highest BCUT2D eigenvalue weighted by Crippen LogP contribution is 2.13. The molecule has 4 nitrogen and oxygen atoms in total. The van der Waals surface area contributed by atoms with Crippen molar-refractivity contribution in [2.45, 2.75) is 64.5 Å². The Labute approximate surface area is 118 Å². The van der Waals surface area contributed by atoms with Gasteiger partial charge in [-0.25, -0.2) is 0 Å². The van der Waals surface area contributed by atoms with Gasteiger partial charge >= 0.3 is 0 Å². The van der Waals surface area contributed by atoms with Gasteiger partial charge in [-0.05, 0) is 45.6 Å². The van der Waals surface area contributed by atoms with E-state index in [9.17, 15) is 0 Å². The highest BCUT2D eigenvalue weighted by atomic mass is 16.5. The van der Waals surface area contributed by atoms with Crippen LogP contribution in [0.25, 0.3) is 0 Å². The Morgan fingerprint density at radius 1 is 1.26 bits per heavy atom. The Balaban J connectivity index is 4.09. The monoisotopic (exact) mass is 269 g/mol. The molecule has 0 saturated carbocycles. The SMILES string of the molecule is CCC(CC)N(CCCCC(C)(N)C#N)CCOC. The molecule has 112 valence electrons. The van der Waals surface area contributed by atoms with E-state index in [4.69, 9.17) is 15.7 Å². The van der Waals surface area contributed by atoms with Gasteiger partial charge in [-0.1, -0.05) is 13.8 Å². The molecule has 0 saturated heterocycles. The largest absolute Gasteiger partial charge is 0.383 e. The molecule has 0 aliphatic heterocycles. The van der Waals surface area contributed by atoms with Crippen molar-refractivity contribution in [3.63, 3.8) is 0 Å². The highest BCUT2D eigenvalue weighted by Gasteiger charge is 2.18. The minimum absolute atomic E-state index is 0.635. The molecule has 0 bridgehead atoms. The lowest BCUT2D eigenvalue weighted by molar-refractivity contribution is 0.113. The number of nitrogens with zero attached hydrogens (tertiary/aromatic N) is 2. The van der Waals surface area contributed by atoms with Gasteiger partial charge in [0, 0.05) is 19.7 Å². The molecule has 0 aliphatic carbocycles. The second-order valence-electron chi connectivity index (χ2n) is 5.49. The summed E-state index contributed by atoms with van der Waals surface area (Å²) in [4.78, 5) is 2.50. The first kappa shape index (κ1) is 18.4. The minimum atomic E-state index is -0.674. The molecule has 2 N–H and O–H groups in total. The molecule has 0 radical (unpaired) electrons. The van der Waals surface area contributed by atoms with E-state index in [2.05, 4.69) is 24.8 Å². The Hall–Kier alpha value is -0.630. The molecule has 0 spiro atoms. The van der Waals surface area contributed by atoms with E-state index >= 15 is 0 Å². The third-order valence-corrected chi connectivity index (χ3v) is 3.69. The van der Waals surface area contributed by atoms with Crippen LogP contribution in [-0.2, 0) is 4.74 Å². The van der Waals surface area contributed by atoms with Gasteiger partial charge in [0.2, 0.25) is 0 Å². The fraction of sp³-hybridized carbons (Fsp3) is 0.933. The van der Waals surface area contributed by atoms with Crippen LogP contribution in [0.1, 0.15) is 52.9 Å². The van der Waals surface area contributed by atoms with Crippen LogP contribution in [0, 0.1) is 11.3 Å². The Kier molecular flexibility index (Phi) is 9.85. The van der Waals surface area contributed by atoms with Crippen molar-refractivity contribution in [1.82, 2.24) is 4.90 Å². The topological polar surface area (TPSA) is 62.3 Å². The molecule has 0 aromatic carbocycles. The lowest BCUT2D eigenvalue weighted by atomic mass is 9.98. The van der Waals surface area contributed by atoms with Crippen molar-refractivity contribution in [1.29, 1.82) is 5.26 Å². The van der Waals surface area contributed by atoms with Crippen molar-refractivity contribution in [2.75, 3.05) is 26.8 Å². The van der Waals surface area contributed by atoms with E-state index in [1.807, 2.05) is 0 Å². The molecule has 0 aromatic rings. The van der Waals surface area contributed by atoms with Crippen molar-refractivity contribution in [2.24, 2.45) is 5.73 Å². The normalized spacial score (nSPS) is 14.6. The summed E-state index contributed by atoms with van der Waals surface area (Å²) in [7, 11) is 1.75. The van der Waals surface area contributed by atoms with Crippen LogP contribution in [0.2, 0.25) is 0 Å². The van der Waals surface area contributed by atoms with Gasteiger partial charge in [0.25, 0.3) is 0 Å². The zero-order valence-corrected chi connectivity index (χ0v) is 13.1. The third-order valence-electron chi connectivity index (χ3n) is 3.69. The third kappa shape index (κ3) is 8.20. The predicted molar refractivity (Wildman–Crippen MR) is 79.9 cm³/mol. The zero-order valence-electron chi connectivity index (χ0n) is 13.1. The zero-order chi connectivity index (χ0) is 14.7. The van der Waals surface area contributed by atoms with E-state index in [0.717, 1.165) is 39.0 Å². The van der Waals surface area contributed by atoms with E-state index < -0.39 is 5.54 Å². The summed E-state index contributed by atoms with van der Waals surface area (Å²) >= 11 is 0. The van der Waals surface area contributed by atoms with Crippen LogP contribution in [0.3, 0.4) is 0 Å².